The van der Waals surface area contributed by atoms with E-state index in [0.29, 0.717) is 0 Å². The molecule has 0 aliphatic carbocycles. The van der Waals surface area contributed by atoms with Crippen LogP contribution in [0.15, 0.2) is 24.4 Å². The van der Waals surface area contributed by atoms with Gasteiger partial charge in [0.2, 0.25) is 0 Å². The molecule has 0 bridgehead atoms. The van der Waals surface area contributed by atoms with Crippen molar-refractivity contribution >= 4 is 17.4 Å². The lowest BCUT2D eigenvalue weighted by molar-refractivity contribution is 0.392. The van der Waals surface area contributed by atoms with E-state index in [2.05, 4.69) is 22.9 Å². The second-order valence-electron chi connectivity index (χ2n) is 4.82. The monoisotopic (exact) mass is 262 g/mol. The molecule has 96 valence electrons. The molecule has 18 heavy (non-hydrogen) atoms. The van der Waals surface area contributed by atoms with Crippen molar-refractivity contribution in [2.24, 2.45) is 5.92 Å². The lowest BCUT2D eigenvalue weighted by Gasteiger charge is -2.19. The van der Waals surface area contributed by atoms with Gasteiger partial charge in [-0.1, -0.05) is 6.07 Å². The van der Waals surface area contributed by atoms with Crippen LogP contribution in [0, 0.1) is 5.92 Å². The topological polar surface area (TPSA) is 26.5 Å². The van der Waals surface area contributed by atoms with Crippen LogP contribution in [0.3, 0.4) is 0 Å². The van der Waals surface area contributed by atoms with Crippen molar-refractivity contribution in [1.82, 2.24) is 9.38 Å². The SMILES string of the molecule is COc1cccc2nc(CC3CCCSC3)cn12. The number of pyridine rings is 1. The quantitative estimate of drug-likeness (QED) is 0.850. The molecule has 2 aromatic rings. The first kappa shape index (κ1) is 11.9. The largest absolute Gasteiger partial charge is 0.482 e. The molecular formula is C14H18N2OS. The highest BCUT2D eigenvalue weighted by Gasteiger charge is 2.16. The Labute approximate surface area is 112 Å². The second kappa shape index (κ2) is 5.22. The van der Waals surface area contributed by atoms with Gasteiger partial charge >= 0.3 is 0 Å². The summed E-state index contributed by atoms with van der Waals surface area (Å²) in [5.41, 5.74) is 2.17. The number of hydrogen-bond acceptors (Lipinski definition) is 3. The number of ether oxygens (including phenoxy) is 1. The van der Waals surface area contributed by atoms with E-state index >= 15 is 0 Å². The molecule has 1 saturated heterocycles. The van der Waals surface area contributed by atoms with Crippen LogP contribution in [0.1, 0.15) is 18.5 Å². The highest BCUT2D eigenvalue weighted by Crippen LogP contribution is 2.26. The maximum Gasteiger partial charge on any atom is 0.198 e. The average Bonchev–Trinajstić information content (AvgIpc) is 2.82. The number of methoxy groups -OCH3 is 1. The van der Waals surface area contributed by atoms with Gasteiger partial charge in [-0.15, -0.1) is 0 Å². The number of fused-ring (bicyclic) bond motifs is 1. The van der Waals surface area contributed by atoms with Gasteiger partial charge in [0.15, 0.2) is 5.88 Å². The van der Waals surface area contributed by atoms with Gasteiger partial charge in [-0.2, -0.15) is 11.8 Å². The van der Waals surface area contributed by atoms with E-state index in [4.69, 9.17) is 4.74 Å². The van der Waals surface area contributed by atoms with Gasteiger partial charge in [0.25, 0.3) is 0 Å². The highest BCUT2D eigenvalue weighted by atomic mass is 32.2. The van der Waals surface area contributed by atoms with E-state index in [1.54, 1.807) is 7.11 Å². The van der Waals surface area contributed by atoms with E-state index in [1.165, 1.54) is 30.0 Å². The molecule has 1 aliphatic rings. The van der Waals surface area contributed by atoms with Gasteiger partial charge in [0.1, 0.15) is 5.65 Å². The Hall–Kier alpha value is -1.16. The molecule has 1 unspecified atom stereocenters. The average molecular weight is 262 g/mol. The van der Waals surface area contributed by atoms with Crippen LogP contribution >= 0.6 is 11.8 Å². The summed E-state index contributed by atoms with van der Waals surface area (Å²) in [6.45, 7) is 0. The van der Waals surface area contributed by atoms with E-state index in [0.717, 1.165) is 23.9 Å². The molecule has 1 aliphatic heterocycles. The van der Waals surface area contributed by atoms with Crippen molar-refractivity contribution < 1.29 is 4.74 Å². The van der Waals surface area contributed by atoms with Crippen molar-refractivity contribution in [1.29, 1.82) is 0 Å². The van der Waals surface area contributed by atoms with Gasteiger partial charge in [-0.05, 0) is 48.8 Å². The Morgan fingerprint density at radius 3 is 3.22 bits per heavy atom. The van der Waals surface area contributed by atoms with E-state index in [-0.39, 0.29) is 0 Å². The first-order valence-electron chi connectivity index (χ1n) is 6.45. The molecule has 2 aromatic heterocycles. The molecule has 0 radical (unpaired) electrons. The fraction of sp³-hybridized carbons (Fsp3) is 0.500. The van der Waals surface area contributed by atoms with Crippen LogP contribution in [0.25, 0.3) is 5.65 Å². The zero-order chi connectivity index (χ0) is 12.4. The van der Waals surface area contributed by atoms with Gasteiger partial charge in [0, 0.05) is 6.20 Å². The number of nitrogens with zero attached hydrogens (tertiary/aromatic N) is 2. The smallest absolute Gasteiger partial charge is 0.198 e. The third-order valence-corrected chi connectivity index (χ3v) is 4.75. The third kappa shape index (κ3) is 2.34. The van der Waals surface area contributed by atoms with Crippen molar-refractivity contribution in [2.45, 2.75) is 19.3 Å². The molecular weight excluding hydrogens is 244 g/mol. The number of aromatic nitrogens is 2. The first-order chi connectivity index (χ1) is 8.86. The van der Waals surface area contributed by atoms with Crippen molar-refractivity contribution in [3.63, 3.8) is 0 Å². The Balaban J connectivity index is 1.84. The summed E-state index contributed by atoms with van der Waals surface area (Å²) in [6, 6.07) is 5.98. The normalized spacial score (nSPS) is 20.2. The van der Waals surface area contributed by atoms with Crippen LogP contribution in [-0.2, 0) is 6.42 Å². The first-order valence-corrected chi connectivity index (χ1v) is 7.61. The highest BCUT2D eigenvalue weighted by molar-refractivity contribution is 7.99. The molecule has 0 N–H and O–H groups in total. The maximum atomic E-state index is 5.35. The summed E-state index contributed by atoms with van der Waals surface area (Å²) < 4.78 is 7.38. The summed E-state index contributed by atoms with van der Waals surface area (Å²) in [5.74, 6) is 4.25. The minimum absolute atomic E-state index is 0.791. The van der Waals surface area contributed by atoms with Crippen LogP contribution in [0.4, 0.5) is 0 Å². The van der Waals surface area contributed by atoms with E-state index in [9.17, 15) is 0 Å². The molecule has 3 heterocycles. The summed E-state index contributed by atoms with van der Waals surface area (Å²) >= 11 is 2.08. The Bertz CT molecular complexity index is 532. The molecule has 0 spiro atoms. The van der Waals surface area contributed by atoms with Gasteiger partial charge in [-0.3, -0.25) is 4.40 Å². The minimum Gasteiger partial charge on any atom is -0.482 e. The van der Waals surface area contributed by atoms with Crippen molar-refractivity contribution in [3.05, 3.63) is 30.1 Å². The Morgan fingerprint density at radius 1 is 1.50 bits per heavy atom. The van der Waals surface area contributed by atoms with Crippen LogP contribution in [0.2, 0.25) is 0 Å². The zero-order valence-corrected chi connectivity index (χ0v) is 11.4. The lowest BCUT2D eigenvalue weighted by Crippen LogP contribution is -2.13. The molecule has 4 heteroatoms. The van der Waals surface area contributed by atoms with Gasteiger partial charge < -0.3 is 4.74 Å². The predicted molar refractivity (Wildman–Crippen MR) is 75.5 cm³/mol. The van der Waals surface area contributed by atoms with E-state index in [1.807, 2.05) is 22.6 Å². The molecule has 0 saturated carbocycles. The van der Waals surface area contributed by atoms with Crippen molar-refractivity contribution in [3.8, 4) is 5.88 Å². The lowest BCUT2D eigenvalue weighted by atomic mass is 10.00. The molecule has 3 nitrogen and oxygen atoms in total. The van der Waals surface area contributed by atoms with Gasteiger partial charge in [0.05, 0.1) is 12.8 Å². The number of hydrogen-bond donors (Lipinski definition) is 0. The number of imidazole rings is 1. The second-order valence-corrected chi connectivity index (χ2v) is 5.97. The van der Waals surface area contributed by atoms with Crippen LogP contribution in [-0.4, -0.2) is 28.0 Å². The summed E-state index contributed by atoms with van der Waals surface area (Å²) in [7, 11) is 1.70. The molecule has 0 amide bonds. The fourth-order valence-corrected chi connectivity index (χ4v) is 3.72. The van der Waals surface area contributed by atoms with Gasteiger partial charge in [-0.25, -0.2) is 4.98 Å². The molecule has 3 rings (SSSR count). The summed E-state index contributed by atoms with van der Waals surface area (Å²) in [5, 5.41) is 0. The standard InChI is InChI=1S/C14H18N2OS/c1-17-14-6-2-5-13-15-12(9-16(13)14)8-11-4-3-7-18-10-11/h2,5-6,9,11H,3-4,7-8,10H2,1H3. The Kier molecular flexibility index (Phi) is 3.46. The van der Waals surface area contributed by atoms with Crippen molar-refractivity contribution in [2.75, 3.05) is 18.6 Å². The number of thioether (sulfide) groups is 1. The Morgan fingerprint density at radius 2 is 2.44 bits per heavy atom. The molecule has 0 aromatic carbocycles. The summed E-state index contributed by atoms with van der Waals surface area (Å²) in [4.78, 5) is 4.69. The minimum atomic E-state index is 0.791. The predicted octanol–water partition coefficient (Wildman–Crippen LogP) is 3.03. The zero-order valence-electron chi connectivity index (χ0n) is 10.6. The van der Waals surface area contributed by atoms with E-state index < -0.39 is 0 Å². The van der Waals surface area contributed by atoms with Crippen LogP contribution in [0.5, 0.6) is 5.88 Å². The molecule has 1 fully saturated rings. The third-order valence-electron chi connectivity index (χ3n) is 3.47. The number of rotatable bonds is 3. The summed E-state index contributed by atoms with van der Waals surface area (Å²) in [6.07, 6.45) is 5.91. The fourth-order valence-electron chi connectivity index (χ4n) is 2.56. The van der Waals surface area contributed by atoms with Crippen LogP contribution < -0.4 is 4.74 Å². The maximum absolute atomic E-state index is 5.35. The molecule has 1 atom stereocenters.